The summed E-state index contributed by atoms with van der Waals surface area (Å²) in [5.74, 6) is -1.35. The first-order chi connectivity index (χ1) is 14.7. The number of aromatic nitrogens is 2. The number of nitrogens with two attached hydrogens (primary N) is 2. The highest BCUT2D eigenvalue weighted by Crippen LogP contribution is 2.24. The molecular formula is C19H24N6O6. The van der Waals surface area contributed by atoms with Crippen LogP contribution in [0.3, 0.4) is 0 Å². The molecule has 31 heavy (non-hydrogen) atoms. The van der Waals surface area contributed by atoms with E-state index in [9.17, 15) is 24.3 Å². The third-order valence-corrected chi connectivity index (χ3v) is 5.05. The average molecular weight is 432 g/mol. The number of aryl methyl sites for hydroxylation is 1. The van der Waals surface area contributed by atoms with Crippen LogP contribution in [0.25, 0.3) is 0 Å². The van der Waals surface area contributed by atoms with E-state index in [0.717, 1.165) is 0 Å². The van der Waals surface area contributed by atoms with E-state index in [2.05, 4.69) is 20.6 Å². The van der Waals surface area contributed by atoms with E-state index < -0.39 is 23.8 Å². The van der Waals surface area contributed by atoms with E-state index in [4.69, 9.17) is 15.9 Å². The number of amides is 2. The Morgan fingerprint density at radius 3 is 2.84 bits per heavy atom. The minimum atomic E-state index is -1.27. The summed E-state index contributed by atoms with van der Waals surface area (Å²) in [7, 11) is 0. The minimum absolute atomic E-state index is 0.0245. The molecule has 1 aliphatic heterocycles. The van der Waals surface area contributed by atoms with Gasteiger partial charge in [0.25, 0.3) is 11.5 Å². The summed E-state index contributed by atoms with van der Waals surface area (Å²) in [4.78, 5) is 53.0. The van der Waals surface area contributed by atoms with Crippen molar-refractivity contribution in [3.63, 3.8) is 0 Å². The zero-order chi connectivity index (χ0) is 22.5. The SMILES string of the molecule is NC(=O)CC[C@H](NC(=O)c1ccc(CC[C@@H]2CNc3nc(N)[nH]c(=O)c3C2)o1)C(=O)O. The molecule has 8 N–H and O–H groups in total. The fraction of sp³-hybridized carbons (Fsp3) is 0.421. The van der Waals surface area contributed by atoms with E-state index in [1.807, 2.05) is 0 Å². The molecule has 3 heterocycles. The summed E-state index contributed by atoms with van der Waals surface area (Å²) in [5.41, 5.74) is 10.9. The van der Waals surface area contributed by atoms with Crippen LogP contribution in [0.4, 0.5) is 11.8 Å². The number of rotatable bonds is 9. The number of carboxylic acids is 1. The maximum absolute atomic E-state index is 12.3. The number of nitrogens with one attached hydrogen (secondary N) is 3. The Morgan fingerprint density at radius 1 is 1.35 bits per heavy atom. The van der Waals surface area contributed by atoms with Gasteiger partial charge in [-0.05, 0) is 37.3 Å². The molecule has 0 saturated carbocycles. The highest BCUT2D eigenvalue weighted by molar-refractivity contribution is 5.94. The van der Waals surface area contributed by atoms with Crippen LogP contribution in [0.5, 0.6) is 0 Å². The van der Waals surface area contributed by atoms with Crippen molar-refractivity contribution in [1.29, 1.82) is 0 Å². The van der Waals surface area contributed by atoms with Crippen LogP contribution < -0.4 is 27.7 Å². The highest BCUT2D eigenvalue weighted by Gasteiger charge is 2.24. The van der Waals surface area contributed by atoms with Crippen LogP contribution in [-0.4, -0.2) is 45.4 Å². The van der Waals surface area contributed by atoms with Gasteiger partial charge in [-0.25, -0.2) is 4.79 Å². The number of nitrogens with zero attached hydrogens (tertiary/aromatic N) is 1. The third kappa shape index (κ3) is 5.62. The first-order valence-corrected chi connectivity index (χ1v) is 9.76. The van der Waals surface area contributed by atoms with Gasteiger partial charge >= 0.3 is 5.97 Å². The zero-order valence-electron chi connectivity index (χ0n) is 16.6. The summed E-state index contributed by atoms with van der Waals surface area (Å²) in [5, 5.41) is 14.6. The van der Waals surface area contributed by atoms with Crippen LogP contribution in [0.15, 0.2) is 21.3 Å². The number of aliphatic carboxylic acids is 1. The van der Waals surface area contributed by atoms with Gasteiger partial charge in [0.2, 0.25) is 11.9 Å². The van der Waals surface area contributed by atoms with Gasteiger partial charge in [0.1, 0.15) is 17.6 Å². The van der Waals surface area contributed by atoms with Gasteiger partial charge in [0, 0.05) is 19.4 Å². The number of carbonyl (C=O) groups is 3. The molecule has 1 aliphatic rings. The number of primary amides is 1. The molecule has 0 radical (unpaired) electrons. The lowest BCUT2D eigenvalue weighted by Gasteiger charge is -2.24. The Bertz CT molecular complexity index is 1040. The molecule has 0 aromatic carbocycles. The van der Waals surface area contributed by atoms with Gasteiger partial charge in [0.15, 0.2) is 5.76 Å². The van der Waals surface area contributed by atoms with Gasteiger partial charge in [-0.15, -0.1) is 0 Å². The highest BCUT2D eigenvalue weighted by atomic mass is 16.4. The summed E-state index contributed by atoms with van der Waals surface area (Å²) < 4.78 is 5.54. The first-order valence-electron chi connectivity index (χ1n) is 9.76. The Labute approximate surface area is 176 Å². The molecular weight excluding hydrogens is 408 g/mol. The molecule has 12 nitrogen and oxygen atoms in total. The topological polar surface area (TPSA) is 206 Å². The number of carbonyl (C=O) groups excluding carboxylic acids is 2. The molecule has 0 saturated heterocycles. The van der Waals surface area contributed by atoms with E-state index in [1.165, 1.54) is 6.07 Å². The number of fused-ring (bicyclic) bond motifs is 1. The smallest absolute Gasteiger partial charge is 0.326 e. The lowest BCUT2D eigenvalue weighted by atomic mass is 9.92. The predicted molar refractivity (Wildman–Crippen MR) is 109 cm³/mol. The summed E-state index contributed by atoms with van der Waals surface area (Å²) in [6.07, 6.45) is 1.49. The van der Waals surface area contributed by atoms with Gasteiger partial charge in [-0.2, -0.15) is 4.98 Å². The molecule has 2 aromatic rings. The largest absolute Gasteiger partial charge is 0.480 e. The van der Waals surface area contributed by atoms with Crippen molar-refractivity contribution >= 4 is 29.5 Å². The molecule has 166 valence electrons. The van der Waals surface area contributed by atoms with Crippen LogP contribution in [0.2, 0.25) is 0 Å². The van der Waals surface area contributed by atoms with Gasteiger partial charge in [0.05, 0.1) is 5.56 Å². The van der Waals surface area contributed by atoms with Crippen LogP contribution in [0.1, 0.15) is 41.1 Å². The molecule has 2 amide bonds. The zero-order valence-corrected chi connectivity index (χ0v) is 16.6. The number of hydrogen-bond donors (Lipinski definition) is 6. The lowest BCUT2D eigenvalue weighted by Crippen LogP contribution is -2.41. The van der Waals surface area contributed by atoms with E-state index in [-0.39, 0.29) is 36.0 Å². The van der Waals surface area contributed by atoms with Crippen LogP contribution >= 0.6 is 0 Å². The molecule has 0 aliphatic carbocycles. The maximum atomic E-state index is 12.3. The van der Waals surface area contributed by atoms with E-state index in [0.29, 0.717) is 42.9 Å². The first kappa shape index (κ1) is 21.9. The molecule has 3 rings (SSSR count). The van der Waals surface area contributed by atoms with Crippen molar-refractivity contribution in [2.24, 2.45) is 11.7 Å². The maximum Gasteiger partial charge on any atom is 0.326 e. The molecule has 12 heteroatoms. The van der Waals surface area contributed by atoms with Crippen molar-refractivity contribution in [1.82, 2.24) is 15.3 Å². The number of hydrogen-bond acceptors (Lipinski definition) is 8. The summed E-state index contributed by atoms with van der Waals surface area (Å²) >= 11 is 0. The molecule has 2 atom stereocenters. The normalized spacial score (nSPS) is 16.1. The second kappa shape index (κ2) is 9.32. The van der Waals surface area contributed by atoms with Crippen molar-refractivity contribution in [2.75, 3.05) is 17.6 Å². The Kier molecular flexibility index (Phi) is 6.58. The van der Waals surface area contributed by atoms with Gasteiger partial charge < -0.3 is 31.6 Å². The van der Waals surface area contributed by atoms with Crippen LogP contribution in [-0.2, 0) is 22.4 Å². The Hall–Kier alpha value is -3.83. The minimum Gasteiger partial charge on any atom is -0.480 e. The Balaban J connectivity index is 1.55. The fourth-order valence-corrected chi connectivity index (χ4v) is 3.41. The molecule has 0 bridgehead atoms. The number of nitrogen functional groups attached to an aromatic ring is 1. The number of anilines is 2. The average Bonchev–Trinajstić information content (AvgIpc) is 3.18. The Morgan fingerprint density at radius 2 is 2.13 bits per heavy atom. The summed E-state index contributed by atoms with van der Waals surface area (Å²) in [6.45, 7) is 0.622. The molecule has 0 fully saturated rings. The molecule has 2 aromatic heterocycles. The standard InChI is InChI=1S/C19H24N6O6/c20-14(26)6-4-12(18(29)30)23-17(28)13-5-3-10(31-13)2-1-9-7-11-15(22-8-9)24-19(21)25-16(11)27/h3,5,9,12H,1-2,4,6-8H2,(H2,20,26)(H,23,28)(H,29,30)(H4,21,22,24,25,27)/t9-,12-/m0/s1. The van der Waals surface area contributed by atoms with Crippen LogP contribution in [0, 0.1) is 5.92 Å². The summed E-state index contributed by atoms with van der Waals surface area (Å²) in [6, 6.07) is 1.86. The van der Waals surface area contributed by atoms with Crippen molar-refractivity contribution in [3.05, 3.63) is 39.6 Å². The lowest BCUT2D eigenvalue weighted by molar-refractivity contribution is -0.139. The molecule has 0 unspecified atom stereocenters. The predicted octanol–water partition coefficient (Wildman–Crippen LogP) is -0.389. The molecule has 0 spiro atoms. The second-order valence-electron chi connectivity index (χ2n) is 7.40. The third-order valence-electron chi connectivity index (χ3n) is 5.05. The number of carboxylic acid groups (broad SMARTS) is 1. The monoisotopic (exact) mass is 432 g/mol. The number of H-pyrrole nitrogens is 1. The van der Waals surface area contributed by atoms with Gasteiger partial charge in [-0.1, -0.05) is 0 Å². The van der Waals surface area contributed by atoms with E-state index >= 15 is 0 Å². The van der Waals surface area contributed by atoms with Gasteiger partial charge in [-0.3, -0.25) is 19.4 Å². The van der Waals surface area contributed by atoms with Crippen molar-refractivity contribution < 1.29 is 23.9 Å². The quantitative estimate of drug-likeness (QED) is 0.304. The fourth-order valence-electron chi connectivity index (χ4n) is 3.41. The van der Waals surface area contributed by atoms with Crippen molar-refractivity contribution in [2.45, 2.75) is 38.1 Å². The second-order valence-corrected chi connectivity index (χ2v) is 7.40. The van der Waals surface area contributed by atoms with Crippen molar-refractivity contribution in [3.8, 4) is 0 Å². The number of furan rings is 1. The van der Waals surface area contributed by atoms with E-state index in [1.54, 1.807) is 6.07 Å². The number of aromatic amines is 1.